The van der Waals surface area contributed by atoms with Crippen molar-refractivity contribution in [3.63, 3.8) is 0 Å². The summed E-state index contributed by atoms with van der Waals surface area (Å²) in [7, 11) is 0. The second kappa shape index (κ2) is 4.89. The van der Waals surface area contributed by atoms with Crippen molar-refractivity contribution in [3.05, 3.63) is 0 Å². The second-order valence-electron chi connectivity index (χ2n) is 6.60. The number of hydrogen-bond acceptors (Lipinski definition) is 2. The van der Waals surface area contributed by atoms with Gasteiger partial charge >= 0.3 is 0 Å². The zero-order valence-corrected chi connectivity index (χ0v) is 12.2. The van der Waals surface area contributed by atoms with Gasteiger partial charge in [0.2, 0.25) is 0 Å². The highest BCUT2D eigenvalue weighted by Gasteiger charge is 2.53. The van der Waals surface area contributed by atoms with Gasteiger partial charge in [-0.3, -0.25) is 4.90 Å². The van der Waals surface area contributed by atoms with Gasteiger partial charge < -0.3 is 4.74 Å². The summed E-state index contributed by atoms with van der Waals surface area (Å²) >= 11 is 0. The molecule has 2 rings (SSSR count). The molecule has 0 radical (unpaired) electrons. The van der Waals surface area contributed by atoms with Crippen LogP contribution in [0.5, 0.6) is 0 Å². The molecule has 0 aromatic carbocycles. The van der Waals surface area contributed by atoms with Crippen LogP contribution in [0.2, 0.25) is 0 Å². The van der Waals surface area contributed by atoms with Gasteiger partial charge in [0.25, 0.3) is 0 Å². The van der Waals surface area contributed by atoms with Crippen LogP contribution >= 0.6 is 0 Å². The van der Waals surface area contributed by atoms with Crippen molar-refractivity contribution in [1.29, 1.82) is 0 Å². The van der Waals surface area contributed by atoms with E-state index in [0.717, 1.165) is 12.5 Å². The van der Waals surface area contributed by atoms with Crippen molar-refractivity contribution in [1.82, 2.24) is 4.90 Å². The summed E-state index contributed by atoms with van der Waals surface area (Å²) < 4.78 is 6.37. The van der Waals surface area contributed by atoms with E-state index in [1.54, 1.807) is 0 Å². The SMILES string of the molecule is CC(C)[C@H]1CCCC[C@]12OC[C@@H](C)N2C(C)C. The molecule has 2 nitrogen and oxygen atoms in total. The highest BCUT2D eigenvalue weighted by Crippen LogP contribution is 2.47. The van der Waals surface area contributed by atoms with Crippen molar-refractivity contribution >= 4 is 0 Å². The van der Waals surface area contributed by atoms with E-state index in [9.17, 15) is 0 Å². The molecule has 1 spiro atoms. The Morgan fingerprint density at radius 2 is 1.88 bits per heavy atom. The zero-order chi connectivity index (χ0) is 12.6. The molecule has 0 aromatic rings. The van der Waals surface area contributed by atoms with Crippen LogP contribution in [0, 0.1) is 11.8 Å². The standard InChI is InChI=1S/C15H29NO/c1-11(2)14-8-6-7-9-15(14)16(12(3)4)13(5)10-17-15/h11-14H,6-10H2,1-5H3/t13-,14-,15+/m1/s1. The molecule has 0 N–H and O–H groups in total. The normalized spacial score (nSPS) is 39.7. The van der Waals surface area contributed by atoms with E-state index >= 15 is 0 Å². The molecule has 1 heterocycles. The fourth-order valence-electron chi connectivity index (χ4n) is 4.25. The molecule has 17 heavy (non-hydrogen) atoms. The van der Waals surface area contributed by atoms with Crippen molar-refractivity contribution in [2.24, 2.45) is 11.8 Å². The maximum Gasteiger partial charge on any atom is 0.125 e. The van der Waals surface area contributed by atoms with Crippen LogP contribution in [0.4, 0.5) is 0 Å². The number of nitrogens with zero attached hydrogens (tertiary/aromatic N) is 1. The molecule has 0 unspecified atom stereocenters. The first-order valence-electron chi connectivity index (χ1n) is 7.41. The van der Waals surface area contributed by atoms with Crippen LogP contribution in [0.15, 0.2) is 0 Å². The van der Waals surface area contributed by atoms with Crippen LogP contribution in [-0.2, 0) is 4.74 Å². The summed E-state index contributed by atoms with van der Waals surface area (Å²) in [5.74, 6) is 1.44. The predicted molar refractivity (Wildman–Crippen MR) is 71.9 cm³/mol. The Morgan fingerprint density at radius 1 is 1.18 bits per heavy atom. The Labute approximate surface area is 107 Å². The van der Waals surface area contributed by atoms with E-state index in [-0.39, 0.29) is 5.72 Å². The van der Waals surface area contributed by atoms with E-state index in [2.05, 4.69) is 39.5 Å². The van der Waals surface area contributed by atoms with Crippen molar-refractivity contribution < 1.29 is 4.74 Å². The van der Waals surface area contributed by atoms with Crippen molar-refractivity contribution in [2.45, 2.75) is 78.1 Å². The third-order valence-corrected chi connectivity index (χ3v) is 4.73. The van der Waals surface area contributed by atoms with Crippen LogP contribution in [0.25, 0.3) is 0 Å². The van der Waals surface area contributed by atoms with Gasteiger partial charge in [-0.15, -0.1) is 0 Å². The first kappa shape index (κ1) is 13.4. The van der Waals surface area contributed by atoms with E-state index in [1.165, 1.54) is 25.7 Å². The lowest BCUT2D eigenvalue weighted by Crippen LogP contribution is -2.58. The van der Waals surface area contributed by atoms with Gasteiger partial charge in [0.05, 0.1) is 6.61 Å². The lowest BCUT2D eigenvalue weighted by atomic mass is 9.73. The number of ether oxygens (including phenoxy) is 1. The lowest BCUT2D eigenvalue weighted by molar-refractivity contribution is -0.170. The molecule has 2 heteroatoms. The van der Waals surface area contributed by atoms with Gasteiger partial charge in [-0.2, -0.15) is 0 Å². The van der Waals surface area contributed by atoms with Crippen molar-refractivity contribution in [3.8, 4) is 0 Å². The molecule has 100 valence electrons. The minimum absolute atomic E-state index is 0.0556. The van der Waals surface area contributed by atoms with Crippen molar-refractivity contribution in [2.75, 3.05) is 6.61 Å². The summed E-state index contributed by atoms with van der Waals surface area (Å²) in [5, 5.41) is 0. The largest absolute Gasteiger partial charge is 0.358 e. The molecular weight excluding hydrogens is 210 g/mol. The van der Waals surface area contributed by atoms with E-state index < -0.39 is 0 Å². The van der Waals surface area contributed by atoms with Crippen LogP contribution in [0.3, 0.4) is 0 Å². The molecular formula is C15H29NO. The highest BCUT2D eigenvalue weighted by molar-refractivity contribution is 5.00. The molecule has 0 bridgehead atoms. The second-order valence-corrected chi connectivity index (χ2v) is 6.60. The summed E-state index contributed by atoms with van der Waals surface area (Å²) in [6.07, 6.45) is 5.29. The van der Waals surface area contributed by atoms with Gasteiger partial charge in [0.15, 0.2) is 0 Å². The first-order chi connectivity index (χ1) is 7.99. The van der Waals surface area contributed by atoms with Gasteiger partial charge in [0, 0.05) is 18.0 Å². The third-order valence-electron chi connectivity index (χ3n) is 4.73. The fourth-order valence-corrected chi connectivity index (χ4v) is 4.25. The molecule has 2 aliphatic rings. The average molecular weight is 239 g/mol. The number of rotatable bonds is 2. The molecule has 3 atom stereocenters. The summed E-state index contributed by atoms with van der Waals surface area (Å²) in [6, 6.07) is 1.17. The highest BCUT2D eigenvalue weighted by atomic mass is 16.5. The summed E-state index contributed by atoms with van der Waals surface area (Å²) in [5.41, 5.74) is 0.0556. The Balaban J connectivity index is 2.30. The molecule has 2 fully saturated rings. The molecule has 1 aliphatic heterocycles. The number of hydrogen-bond donors (Lipinski definition) is 0. The average Bonchev–Trinajstić information content (AvgIpc) is 2.56. The predicted octanol–water partition coefficient (Wildman–Crippen LogP) is 3.66. The van der Waals surface area contributed by atoms with Gasteiger partial charge in [-0.05, 0) is 46.0 Å². The Kier molecular flexibility index (Phi) is 3.84. The van der Waals surface area contributed by atoms with Crippen LogP contribution in [0.1, 0.15) is 60.3 Å². The topological polar surface area (TPSA) is 12.5 Å². The van der Waals surface area contributed by atoms with Gasteiger partial charge in [-0.1, -0.05) is 20.3 Å². The summed E-state index contributed by atoms with van der Waals surface area (Å²) in [6.45, 7) is 12.6. The molecule has 0 amide bonds. The van der Waals surface area contributed by atoms with Crippen LogP contribution < -0.4 is 0 Å². The van der Waals surface area contributed by atoms with E-state index in [1.807, 2.05) is 0 Å². The molecule has 0 aromatic heterocycles. The van der Waals surface area contributed by atoms with Gasteiger partial charge in [-0.25, -0.2) is 0 Å². The fraction of sp³-hybridized carbons (Fsp3) is 1.00. The smallest absolute Gasteiger partial charge is 0.125 e. The van der Waals surface area contributed by atoms with E-state index in [4.69, 9.17) is 4.74 Å². The summed E-state index contributed by atoms with van der Waals surface area (Å²) in [4.78, 5) is 2.66. The Hall–Kier alpha value is -0.0800. The minimum atomic E-state index is 0.0556. The first-order valence-corrected chi connectivity index (χ1v) is 7.41. The van der Waals surface area contributed by atoms with Crippen LogP contribution in [-0.4, -0.2) is 29.3 Å². The zero-order valence-electron chi connectivity index (χ0n) is 12.2. The van der Waals surface area contributed by atoms with E-state index in [0.29, 0.717) is 18.0 Å². The van der Waals surface area contributed by atoms with Gasteiger partial charge in [0.1, 0.15) is 5.72 Å². The Bertz CT molecular complexity index is 260. The molecule has 1 saturated heterocycles. The Morgan fingerprint density at radius 3 is 2.47 bits per heavy atom. The molecule has 1 aliphatic carbocycles. The maximum atomic E-state index is 6.37. The monoisotopic (exact) mass is 239 g/mol. The maximum absolute atomic E-state index is 6.37. The molecule has 1 saturated carbocycles. The lowest BCUT2D eigenvalue weighted by Gasteiger charge is -2.50. The minimum Gasteiger partial charge on any atom is -0.358 e. The quantitative estimate of drug-likeness (QED) is 0.729. The third kappa shape index (κ3) is 2.15.